The van der Waals surface area contributed by atoms with Gasteiger partial charge in [0.2, 0.25) is 11.8 Å². The first-order valence-corrected chi connectivity index (χ1v) is 10.4. The second-order valence-corrected chi connectivity index (χ2v) is 7.64. The van der Waals surface area contributed by atoms with E-state index in [2.05, 4.69) is 5.32 Å². The van der Waals surface area contributed by atoms with Crippen molar-refractivity contribution in [3.63, 3.8) is 0 Å². The van der Waals surface area contributed by atoms with Gasteiger partial charge in [0.1, 0.15) is 5.82 Å². The third-order valence-electron chi connectivity index (χ3n) is 5.03. The Balaban J connectivity index is 1.50. The van der Waals surface area contributed by atoms with Crippen LogP contribution in [0.3, 0.4) is 0 Å². The summed E-state index contributed by atoms with van der Waals surface area (Å²) in [4.78, 5) is 28.4. The number of methoxy groups -OCH3 is 2. The van der Waals surface area contributed by atoms with Gasteiger partial charge in [-0.15, -0.1) is 0 Å². The molecule has 1 heterocycles. The predicted molar refractivity (Wildman–Crippen MR) is 122 cm³/mol. The maximum absolute atomic E-state index is 13.2. The smallest absolute Gasteiger partial charge is 0.246 e. The molecule has 0 saturated carbocycles. The molecule has 0 atom stereocenters. The molecular formula is C23H25ClFN3O4. The van der Waals surface area contributed by atoms with Crippen molar-refractivity contribution in [2.45, 2.75) is 0 Å². The Morgan fingerprint density at radius 3 is 2.53 bits per heavy atom. The number of anilines is 1. The fraction of sp³-hybridized carbons (Fsp3) is 0.304. The number of carbonyl (C=O) groups is 2. The van der Waals surface area contributed by atoms with Crippen molar-refractivity contribution >= 4 is 35.2 Å². The zero-order valence-corrected chi connectivity index (χ0v) is 18.7. The summed E-state index contributed by atoms with van der Waals surface area (Å²) in [7, 11) is 3.03. The van der Waals surface area contributed by atoms with Gasteiger partial charge >= 0.3 is 0 Å². The molecule has 1 aliphatic rings. The van der Waals surface area contributed by atoms with E-state index in [9.17, 15) is 14.0 Å². The Labute approximate surface area is 191 Å². The molecule has 0 spiro atoms. The molecule has 7 nitrogen and oxygen atoms in total. The van der Waals surface area contributed by atoms with Crippen LogP contribution in [-0.2, 0) is 9.59 Å². The SMILES string of the molecule is COc1cc(/C=C/C(=O)N2CCN(CC(=O)Nc3cccc(F)c3)CC2)cc(Cl)c1OC. The number of rotatable bonds is 7. The maximum Gasteiger partial charge on any atom is 0.246 e. The zero-order valence-electron chi connectivity index (χ0n) is 17.9. The molecule has 1 fully saturated rings. The second kappa shape index (κ2) is 11.0. The molecule has 0 aliphatic carbocycles. The monoisotopic (exact) mass is 461 g/mol. The van der Waals surface area contributed by atoms with Gasteiger partial charge in [0.25, 0.3) is 0 Å². The van der Waals surface area contributed by atoms with Gasteiger partial charge < -0.3 is 19.7 Å². The minimum absolute atomic E-state index is 0.125. The standard InChI is InChI=1S/C23H25ClFN3O4/c1-31-20-13-16(12-19(24)23(20)32-2)6-7-22(30)28-10-8-27(9-11-28)15-21(29)26-18-5-3-4-17(25)14-18/h3-7,12-14H,8-11,15H2,1-2H3,(H,26,29)/b7-6+. The molecule has 0 unspecified atom stereocenters. The van der Waals surface area contributed by atoms with Gasteiger partial charge in [-0.25, -0.2) is 4.39 Å². The number of piperazine rings is 1. The molecule has 170 valence electrons. The zero-order chi connectivity index (χ0) is 23.1. The average Bonchev–Trinajstić information content (AvgIpc) is 2.77. The molecule has 9 heteroatoms. The lowest BCUT2D eigenvalue weighted by Crippen LogP contribution is -2.50. The van der Waals surface area contributed by atoms with E-state index in [1.54, 1.807) is 35.2 Å². The first kappa shape index (κ1) is 23.6. The van der Waals surface area contributed by atoms with Gasteiger partial charge in [0.15, 0.2) is 11.5 Å². The quantitative estimate of drug-likeness (QED) is 0.641. The van der Waals surface area contributed by atoms with Crippen LogP contribution >= 0.6 is 11.6 Å². The van der Waals surface area contributed by atoms with E-state index >= 15 is 0 Å². The summed E-state index contributed by atoms with van der Waals surface area (Å²) in [5.74, 6) is 0.172. The summed E-state index contributed by atoms with van der Waals surface area (Å²) in [6, 6.07) is 9.20. The molecular weight excluding hydrogens is 437 g/mol. The first-order chi connectivity index (χ1) is 15.4. The van der Waals surface area contributed by atoms with Crippen LogP contribution in [0.5, 0.6) is 11.5 Å². The molecule has 2 aromatic carbocycles. The van der Waals surface area contributed by atoms with Crippen molar-refractivity contribution in [1.82, 2.24) is 9.80 Å². The van der Waals surface area contributed by atoms with Crippen LogP contribution in [0.4, 0.5) is 10.1 Å². The molecule has 0 radical (unpaired) electrons. The molecule has 1 aliphatic heterocycles. The third-order valence-corrected chi connectivity index (χ3v) is 5.31. The van der Waals surface area contributed by atoms with Crippen LogP contribution < -0.4 is 14.8 Å². The maximum atomic E-state index is 13.2. The molecule has 1 N–H and O–H groups in total. The highest BCUT2D eigenvalue weighted by molar-refractivity contribution is 6.32. The normalized spacial score (nSPS) is 14.4. The highest BCUT2D eigenvalue weighted by Crippen LogP contribution is 2.36. The highest BCUT2D eigenvalue weighted by Gasteiger charge is 2.21. The number of amides is 2. The van der Waals surface area contributed by atoms with Gasteiger partial charge in [-0.05, 0) is 42.0 Å². The number of hydrogen-bond donors (Lipinski definition) is 1. The van der Waals surface area contributed by atoms with E-state index in [-0.39, 0.29) is 18.4 Å². The van der Waals surface area contributed by atoms with E-state index in [4.69, 9.17) is 21.1 Å². The first-order valence-electron chi connectivity index (χ1n) is 10.1. The topological polar surface area (TPSA) is 71.1 Å². The highest BCUT2D eigenvalue weighted by atomic mass is 35.5. The predicted octanol–water partition coefficient (Wildman–Crippen LogP) is 3.29. The number of nitrogens with zero attached hydrogens (tertiary/aromatic N) is 2. The minimum atomic E-state index is -0.404. The summed E-state index contributed by atoms with van der Waals surface area (Å²) in [5.41, 5.74) is 1.14. The Hall–Kier alpha value is -3.10. The molecule has 2 aromatic rings. The Morgan fingerprint density at radius 1 is 1.12 bits per heavy atom. The third kappa shape index (κ3) is 6.21. The number of hydrogen-bond acceptors (Lipinski definition) is 5. The van der Waals surface area contributed by atoms with E-state index in [1.807, 2.05) is 4.90 Å². The molecule has 0 bridgehead atoms. The van der Waals surface area contributed by atoms with Gasteiger partial charge in [-0.1, -0.05) is 17.7 Å². The average molecular weight is 462 g/mol. The lowest BCUT2D eigenvalue weighted by Gasteiger charge is -2.33. The van der Waals surface area contributed by atoms with Crippen LogP contribution in [0.25, 0.3) is 6.08 Å². The lowest BCUT2D eigenvalue weighted by atomic mass is 10.1. The van der Waals surface area contributed by atoms with Crippen molar-refractivity contribution in [2.75, 3.05) is 52.3 Å². The van der Waals surface area contributed by atoms with Crippen molar-refractivity contribution in [3.05, 3.63) is 58.9 Å². The van der Waals surface area contributed by atoms with E-state index in [0.29, 0.717) is 54.0 Å². The Morgan fingerprint density at radius 2 is 1.88 bits per heavy atom. The van der Waals surface area contributed by atoms with E-state index in [0.717, 1.165) is 0 Å². The van der Waals surface area contributed by atoms with Crippen molar-refractivity contribution < 1.29 is 23.5 Å². The molecule has 1 saturated heterocycles. The summed E-state index contributed by atoms with van der Waals surface area (Å²) < 4.78 is 23.7. The summed E-state index contributed by atoms with van der Waals surface area (Å²) in [6.45, 7) is 2.32. The molecule has 3 rings (SSSR count). The van der Waals surface area contributed by atoms with Gasteiger partial charge in [0.05, 0.1) is 25.8 Å². The summed E-state index contributed by atoms with van der Waals surface area (Å²) in [6.07, 6.45) is 3.17. The minimum Gasteiger partial charge on any atom is -0.493 e. The van der Waals surface area contributed by atoms with Crippen LogP contribution in [0.2, 0.25) is 5.02 Å². The molecule has 2 amide bonds. The van der Waals surface area contributed by atoms with E-state index in [1.165, 1.54) is 32.4 Å². The number of nitrogens with one attached hydrogen (secondary N) is 1. The van der Waals surface area contributed by atoms with Crippen LogP contribution in [0, 0.1) is 5.82 Å². The number of halogens is 2. The summed E-state index contributed by atoms with van der Waals surface area (Å²) >= 11 is 6.20. The molecule has 32 heavy (non-hydrogen) atoms. The van der Waals surface area contributed by atoms with E-state index < -0.39 is 5.82 Å². The second-order valence-electron chi connectivity index (χ2n) is 7.23. The van der Waals surface area contributed by atoms with Crippen LogP contribution in [0.15, 0.2) is 42.5 Å². The van der Waals surface area contributed by atoms with Gasteiger partial charge in [-0.3, -0.25) is 14.5 Å². The lowest BCUT2D eigenvalue weighted by molar-refractivity contribution is -0.127. The van der Waals surface area contributed by atoms with Gasteiger partial charge in [-0.2, -0.15) is 0 Å². The largest absolute Gasteiger partial charge is 0.493 e. The van der Waals surface area contributed by atoms with Crippen molar-refractivity contribution in [3.8, 4) is 11.5 Å². The van der Waals surface area contributed by atoms with Crippen molar-refractivity contribution in [2.24, 2.45) is 0 Å². The Bertz CT molecular complexity index is 1010. The van der Waals surface area contributed by atoms with Crippen LogP contribution in [-0.4, -0.2) is 68.6 Å². The number of benzene rings is 2. The molecule has 0 aromatic heterocycles. The number of ether oxygens (including phenoxy) is 2. The van der Waals surface area contributed by atoms with Crippen molar-refractivity contribution in [1.29, 1.82) is 0 Å². The fourth-order valence-corrected chi connectivity index (χ4v) is 3.70. The van der Waals surface area contributed by atoms with Crippen LogP contribution in [0.1, 0.15) is 5.56 Å². The van der Waals surface area contributed by atoms with Gasteiger partial charge in [0, 0.05) is 37.9 Å². The summed E-state index contributed by atoms with van der Waals surface area (Å²) in [5, 5.41) is 3.07. The Kier molecular flexibility index (Phi) is 8.08. The fourth-order valence-electron chi connectivity index (χ4n) is 3.40. The number of carbonyl (C=O) groups excluding carboxylic acids is 2.